The van der Waals surface area contributed by atoms with Gasteiger partial charge in [-0.15, -0.1) is 10.2 Å². The zero-order valence-corrected chi connectivity index (χ0v) is 16.8. The molecule has 148 valence electrons. The van der Waals surface area contributed by atoms with Crippen LogP contribution in [-0.2, 0) is 11.2 Å². The molecule has 3 aromatic heterocycles. The molecule has 0 aliphatic rings. The van der Waals surface area contributed by atoms with Gasteiger partial charge in [-0.2, -0.15) is 5.10 Å². The highest BCUT2D eigenvalue weighted by molar-refractivity contribution is 5.79. The SMILES string of the molecule is Cc1nn(-c2ccc(NCCNC(=O)Cc3c(C)noc3C)nn2)c(C)c1C. The summed E-state index contributed by atoms with van der Waals surface area (Å²) in [6.07, 6.45) is 0.262. The van der Waals surface area contributed by atoms with Crippen LogP contribution in [0, 0.1) is 34.6 Å². The Kier molecular flexibility index (Phi) is 5.72. The van der Waals surface area contributed by atoms with Crippen LogP contribution in [0.15, 0.2) is 16.7 Å². The average Bonchev–Trinajstić information content (AvgIpc) is 3.13. The molecule has 0 unspecified atom stereocenters. The molecule has 3 aromatic rings. The van der Waals surface area contributed by atoms with Crippen molar-refractivity contribution >= 4 is 11.7 Å². The van der Waals surface area contributed by atoms with Crippen LogP contribution >= 0.6 is 0 Å². The topological polar surface area (TPSA) is 111 Å². The first-order valence-electron chi connectivity index (χ1n) is 9.16. The molecule has 3 rings (SSSR count). The van der Waals surface area contributed by atoms with Crippen LogP contribution < -0.4 is 10.6 Å². The fourth-order valence-corrected chi connectivity index (χ4v) is 2.85. The van der Waals surface area contributed by atoms with Gasteiger partial charge in [-0.05, 0) is 52.3 Å². The Morgan fingerprint density at radius 2 is 1.86 bits per heavy atom. The molecule has 0 saturated carbocycles. The summed E-state index contributed by atoms with van der Waals surface area (Å²) in [5.41, 5.74) is 4.77. The largest absolute Gasteiger partial charge is 0.367 e. The number of aryl methyl sites for hydroxylation is 3. The van der Waals surface area contributed by atoms with Gasteiger partial charge >= 0.3 is 0 Å². The van der Waals surface area contributed by atoms with Crippen molar-refractivity contribution in [2.24, 2.45) is 0 Å². The molecule has 9 heteroatoms. The van der Waals surface area contributed by atoms with Gasteiger partial charge in [-0.3, -0.25) is 4.79 Å². The molecule has 0 radical (unpaired) electrons. The van der Waals surface area contributed by atoms with Crippen LogP contribution in [0.3, 0.4) is 0 Å². The van der Waals surface area contributed by atoms with Crippen molar-refractivity contribution in [1.82, 2.24) is 30.5 Å². The van der Waals surface area contributed by atoms with Crippen molar-refractivity contribution in [3.63, 3.8) is 0 Å². The predicted octanol–water partition coefficient (Wildman–Crippen LogP) is 1.96. The molecule has 0 bridgehead atoms. The number of rotatable bonds is 7. The summed E-state index contributed by atoms with van der Waals surface area (Å²) in [6, 6.07) is 3.71. The Morgan fingerprint density at radius 1 is 1.07 bits per heavy atom. The van der Waals surface area contributed by atoms with Crippen LogP contribution in [0.4, 0.5) is 5.82 Å². The fourth-order valence-electron chi connectivity index (χ4n) is 2.85. The zero-order valence-electron chi connectivity index (χ0n) is 16.8. The standard InChI is InChI=1S/C19H25N7O2/c1-11-12(2)24-26(14(11)4)18-7-6-17(22-23-18)20-8-9-21-19(27)10-16-13(3)25-28-15(16)5/h6-7H,8-10H2,1-5H3,(H,20,22)(H,21,27). The van der Waals surface area contributed by atoms with Gasteiger partial charge in [0.15, 0.2) is 5.82 Å². The summed E-state index contributed by atoms with van der Waals surface area (Å²) in [6.45, 7) is 10.7. The second-order valence-corrected chi connectivity index (χ2v) is 6.74. The molecular formula is C19H25N7O2. The molecule has 0 spiro atoms. The van der Waals surface area contributed by atoms with E-state index >= 15 is 0 Å². The second-order valence-electron chi connectivity index (χ2n) is 6.74. The van der Waals surface area contributed by atoms with Crippen molar-refractivity contribution in [1.29, 1.82) is 0 Å². The molecule has 28 heavy (non-hydrogen) atoms. The fraction of sp³-hybridized carbons (Fsp3) is 0.421. The molecule has 0 atom stereocenters. The lowest BCUT2D eigenvalue weighted by Crippen LogP contribution is -2.30. The molecule has 0 aliphatic heterocycles. The van der Waals surface area contributed by atoms with Crippen molar-refractivity contribution in [2.45, 2.75) is 41.0 Å². The molecule has 0 aliphatic carbocycles. The molecule has 1 amide bonds. The first-order chi connectivity index (χ1) is 13.4. The van der Waals surface area contributed by atoms with E-state index in [2.05, 4.69) is 31.1 Å². The predicted molar refractivity (Wildman–Crippen MR) is 105 cm³/mol. The smallest absolute Gasteiger partial charge is 0.224 e. The van der Waals surface area contributed by atoms with E-state index in [0.29, 0.717) is 30.5 Å². The van der Waals surface area contributed by atoms with Gasteiger partial charge in [0.2, 0.25) is 5.91 Å². The van der Waals surface area contributed by atoms with Crippen molar-refractivity contribution < 1.29 is 9.32 Å². The van der Waals surface area contributed by atoms with Gasteiger partial charge in [0.05, 0.1) is 17.8 Å². The van der Waals surface area contributed by atoms with Crippen molar-refractivity contribution in [3.8, 4) is 5.82 Å². The van der Waals surface area contributed by atoms with Crippen LogP contribution in [0.25, 0.3) is 5.82 Å². The maximum atomic E-state index is 12.0. The number of hydrogen-bond acceptors (Lipinski definition) is 7. The zero-order chi connectivity index (χ0) is 20.3. The van der Waals surface area contributed by atoms with Crippen molar-refractivity contribution in [2.75, 3.05) is 18.4 Å². The monoisotopic (exact) mass is 383 g/mol. The molecule has 9 nitrogen and oxygen atoms in total. The van der Waals surface area contributed by atoms with Crippen LogP contribution in [0.5, 0.6) is 0 Å². The minimum Gasteiger partial charge on any atom is -0.367 e. The van der Waals surface area contributed by atoms with Crippen molar-refractivity contribution in [3.05, 3.63) is 46.1 Å². The van der Waals surface area contributed by atoms with E-state index in [9.17, 15) is 4.79 Å². The average molecular weight is 383 g/mol. The molecule has 0 aromatic carbocycles. The van der Waals surface area contributed by atoms with Crippen LogP contribution in [0.2, 0.25) is 0 Å². The summed E-state index contributed by atoms with van der Waals surface area (Å²) in [5, 5.41) is 22.8. The summed E-state index contributed by atoms with van der Waals surface area (Å²) in [4.78, 5) is 12.0. The molecule has 0 fully saturated rings. The third kappa shape index (κ3) is 4.19. The Labute approximate surface area is 163 Å². The Balaban J connectivity index is 1.47. The van der Waals surface area contributed by atoms with Crippen LogP contribution in [-0.4, -0.2) is 44.1 Å². The molecule has 2 N–H and O–H groups in total. The van der Waals surface area contributed by atoms with E-state index in [1.165, 1.54) is 0 Å². The van der Waals surface area contributed by atoms with E-state index in [1.807, 2.05) is 39.8 Å². The first kappa shape index (κ1) is 19.5. The third-order valence-corrected chi connectivity index (χ3v) is 4.79. The maximum absolute atomic E-state index is 12.0. The Hall–Kier alpha value is -3.23. The minimum absolute atomic E-state index is 0.0717. The Bertz CT molecular complexity index is 954. The molecule has 0 saturated heterocycles. The van der Waals surface area contributed by atoms with Gasteiger partial charge in [-0.1, -0.05) is 5.16 Å². The lowest BCUT2D eigenvalue weighted by Gasteiger charge is -2.08. The number of aromatic nitrogens is 5. The maximum Gasteiger partial charge on any atom is 0.224 e. The van der Waals surface area contributed by atoms with Gasteiger partial charge in [0.25, 0.3) is 0 Å². The molecule has 3 heterocycles. The van der Waals surface area contributed by atoms with E-state index < -0.39 is 0 Å². The summed E-state index contributed by atoms with van der Waals surface area (Å²) in [7, 11) is 0. The first-order valence-corrected chi connectivity index (χ1v) is 9.16. The number of nitrogens with one attached hydrogen (secondary N) is 2. The lowest BCUT2D eigenvalue weighted by molar-refractivity contribution is -0.120. The summed E-state index contributed by atoms with van der Waals surface area (Å²) >= 11 is 0. The number of carbonyl (C=O) groups is 1. The quantitative estimate of drug-likeness (QED) is 0.600. The third-order valence-electron chi connectivity index (χ3n) is 4.79. The van der Waals surface area contributed by atoms with E-state index in [1.54, 1.807) is 11.6 Å². The van der Waals surface area contributed by atoms with Gasteiger partial charge in [0.1, 0.15) is 11.6 Å². The van der Waals surface area contributed by atoms with E-state index in [0.717, 1.165) is 28.2 Å². The number of hydrogen-bond donors (Lipinski definition) is 2. The lowest BCUT2D eigenvalue weighted by atomic mass is 10.1. The number of amides is 1. The highest BCUT2D eigenvalue weighted by atomic mass is 16.5. The van der Waals surface area contributed by atoms with E-state index in [-0.39, 0.29) is 12.3 Å². The normalized spacial score (nSPS) is 10.9. The number of carbonyl (C=O) groups excluding carboxylic acids is 1. The van der Waals surface area contributed by atoms with E-state index in [4.69, 9.17) is 4.52 Å². The van der Waals surface area contributed by atoms with Gasteiger partial charge in [0, 0.05) is 24.3 Å². The summed E-state index contributed by atoms with van der Waals surface area (Å²) in [5.74, 6) is 1.92. The Morgan fingerprint density at radius 3 is 2.43 bits per heavy atom. The number of anilines is 1. The van der Waals surface area contributed by atoms with Gasteiger partial charge < -0.3 is 15.2 Å². The van der Waals surface area contributed by atoms with Gasteiger partial charge in [-0.25, -0.2) is 4.68 Å². The highest BCUT2D eigenvalue weighted by Crippen LogP contribution is 2.15. The van der Waals surface area contributed by atoms with Crippen LogP contribution in [0.1, 0.15) is 34.0 Å². The highest BCUT2D eigenvalue weighted by Gasteiger charge is 2.13. The number of nitrogens with zero attached hydrogens (tertiary/aromatic N) is 5. The minimum atomic E-state index is -0.0717. The second kappa shape index (κ2) is 8.20. The molecular weight excluding hydrogens is 358 g/mol. The summed E-state index contributed by atoms with van der Waals surface area (Å²) < 4.78 is 6.86.